The maximum Gasteiger partial charge on any atom is 0.246 e. The van der Waals surface area contributed by atoms with E-state index >= 15 is 0 Å². The van der Waals surface area contributed by atoms with Crippen molar-refractivity contribution in [3.8, 4) is 0 Å². The molecule has 1 aliphatic heterocycles. The molecule has 0 atom stereocenters. The van der Waals surface area contributed by atoms with Gasteiger partial charge in [-0.05, 0) is 38.6 Å². The highest BCUT2D eigenvalue weighted by Crippen LogP contribution is 2.20. The lowest BCUT2D eigenvalue weighted by Gasteiger charge is -2.25. The smallest absolute Gasteiger partial charge is 0.246 e. The highest BCUT2D eigenvalue weighted by atomic mass is 32.2. The molecule has 1 saturated carbocycles. The number of aromatic nitrogens is 2. The lowest BCUT2D eigenvalue weighted by Crippen LogP contribution is -2.35. The molecule has 1 aromatic rings. The molecule has 0 radical (unpaired) electrons. The van der Waals surface area contributed by atoms with Gasteiger partial charge in [-0.15, -0.1) is 0 Å². The molecule has 118 valence electrons. The number of hydrogen-bond donors (Lipinski definition) is 1. The van der Waals surface area contributed by atoms with Gasteiger partial charge in [0.25, 0.3) is 0 Å². The van der Waals surface area contributed by atoms with Gasteiger partial charge in [-0.1, -0.05) is 6.42 Å². The minimum Gasteiger partial charge on any atom is -0.314 e. The zero-order valence-corrected chi connectivity index (χ0v) is 13.2. The molecular weight excluding hydrogens is 288 g/mol. The van der Waals surface area contributed by atoms with Crippen LogP contribution in [0.3, 0.4) is 0 Å². The van der Waals surface area contributed by atoms with E-state index in [0.29, 0.717) is 18.0 Å². The second-order valence-electron chi connectivity index (χ2n) is 5.99. The third-order valence-electron chi connectivity index (χ3n) is 4.14. The van der Waals surface area contributed by atoms with Crippen molar-refractivity contribution in [2.45, 2.75) is 56.0 Å². The van der Waals surface area contributed by atoms with E-state index in [4.69, 9.17) is 0 Å². The molecule has 0 amide bonds. The van der Waals surface area contributed by atoms with Gasteiger partial charge in [0.1, 0.15) is 4.90 Å². The molecule has 7 heteroatoms. The van der Waals surface area contributed by atoms with Crippen molar-refractivity contribution in [3.63, 3.8) is 0 Å². The normalized spacial score (nSPS) is 20.8. The van der Waals surface area contributed by atoms with Crippen LogP contribution >= 0.6 is 0 Å². The lowest BCUT2D eigenvalue weighted by atomic mass is 10.2. The number of sulfonamides is 1. The maximum absolute atomic E-state index is 12.5. The van der Waals surface area contributed by atoms with Crippen molar-refractivity contribution in [3.05, 3.63) is 12.4 Å². The van der Waals surface area contributed by atoms with Gasteiger partial charge >= 0.3 is 0 Å². The second-order valence-corrected chi connectivity index (χ2v) is 7.92. The zero-order valence-electron chi connectivity index (χ0n) is 12.4. The highest BCUT2D eigenvalue weighted by molar-refractivity contribution is 7.89. The third-order valence-corrected chi connectivity index (χ3v) is 5.99. The predicted octanol–water partition coefficient (Wildman–Crippen LogP) is 1.20. The van der Waals surface area contributed by atoms with Crippen LogP contribution in [0.2, 0.25) is 0 Å². The second kappa shape index (κ2) is 6.46. The fourth-order valence-electron chi connectivity index (χ4n) is 2.69. The molecule has 1 aromatic heterocycles. The molecule has 1 saturated heterocycles. The van der Waals surface area contributed by atoms with E-state index in [0.717, 1.165) is 44.8 Å². The summed E-state index contributed by atoms with van der Waals surface area (Å²) >= 11 is 0. The van der Waals surface area contributed by atoms with Crippen LogP contribution in [0.4, 0.5) is 0 Å². The van der Waals surface area contributed by atoms with Gasteiger partial charge in [0, 0.05) is 31.9 Å². The molecule has 1 aliphatic carbocycles. The maximum atomic E-state index is 12.5. The summed E-state index contributed by atoms with van der Waals surface area (Å²) in [5, 5.41) is 7.64. The minimum absolute atomic E-state index is 0.333. The molecule has 2 aliphatic rings. The van der Waals surface area contributed by atoms with Crippen LogP contribution in [0.15, 0.2) is 17.3 Å². The Bertz CT molecular complexity index is 559. The van der Waals surface area contributed by atoms with Gasteiger partial charge < -0.3 is 5.32 Å². The molecule has 3 rings (SSSR count). The first-order chi connectivity index (χ1) is 10.2. The van der Waals surface area contributed by atoms with Gasteiger partial charge in [-0.25, -0.2) is 8.42 Å². The average molecular weight is 312 g/mol. The van der Waals surface area contributed by atoms with Crippen molar-refractivity contribution in [2.24, 2.45) is 0 Å². The molecule has 0 aromatic carbocycles. The van der Waals surface area contributed by atoms with Crippen molar-refractivity contribution in [2.75, 3.05) is 19.6 Å². The van der Waals surface area contributed by atoms with Crippen molar-refractivity contribution in [1.29, 1.82) is 0 Å². The number of piperidine rings is 1. The summed E-state index contributed by atoms with van der Waals surface area (Å²) < 4.78 is 28.3. The predicted molar refractivity (Wildman–Crippen MR) is 80.5 cm³/mol. The van der Waals surface area contributed by atoms with E-state index in [1.54, 1.807) is 15.2 Å². The Morgan fingerprint density at radius 2 is 2.00 bits per heavy atom. The fraction of sp³-hybridized carbons (Fsp3) is 0.786. The summed E-state index contributed by atoms with van der Waals surface area (Å²) in [4.78, 5) is 0.333. The Morgan fingerprint density at radius 1 is 1.24 bits per heavy atom. The monoisotopic (exact) mass is 312 g/mol. The number of nitrogens with one attached hydrogen (secondary N) is 1. The van der Waals surface area contributed by atoms with Gasteiger partial charge in [0.2, 0.25) is 10.0 Å². The van der Waals surface area contributed by atoms with E-state index in [-0.39, 0.29) is 0 Å². The van der Waals surface area contributed by atoms with Crippen molar-refractivity contribution >= 4 is 10.0 Å². The van der Waals surface area contributed by atoms with Gasteiger partial charge in [-0.3, -0.25) is 4.68 Å². The summed E-state index contributed by atoms with van der Waals surface area (Å²) in [7, 11) is -3.34. The highest BCUT2D eigenvalue weighted by Gasteiger charge is 2.27. The first kappa shape index (κ1) is 15.0. The SMILES string of the molecule is O=S(=O)(c1cnn(CCCNC2CC2)c1)N1CCCCC1. The van der Waals surface area contributed by atoms with Crippen LogP contribution in [0.1, 0.15) is 38.5 Å². The quantitative estimate of drug-likeness (QED) is 0.768. The Labute approximate surface area is 126 Å². The Kier molecular flexibility index (Phi) is 4.61. The van der Waals surface area contributed by atoms with Crippen LogP contribution in [-0.2, 0) is 16.6 Å². The standard InChI is InChI=1S/C14H24N4O2S/c19-21(20,18-9-2-1-3-10-18)14-11-16-17(12-14)8-4-7-15-13-5-6-13/h11-13,15H,1-10H2. The average Bonchev–Trinajstić information content (AvgIpc) is 3.20. The number of nitrogens with zero attached hydrogens (tertiary/aromatic N) is 3. The number of rotatable bonds is 7. The van der Waals surface area contributed by atoms with Crippen LogP contribution < -0.4 is 5.32 Å². The van der Waals surface area contributed by atoms with E-state index < -0.39 is 10.0 Å². The topological polar surface area (TPSA) is 67.2 Å². The Morgan fingerprint density at radius 3 is 2.71 bits per heavy atom. The van der Waals surface area contributed by atoms with E-state index in [9.17, 15) is 8.42 Å². The lowest BCUT2D eigenvalue weighted by molar-refractivity contribution is 0.346. The molecule has 2 fully saturated rings. The van der Waals surface area contributed by atoms with Crippen LogP contribution in [-0.4, -0.2) is 48.2 Å². The van der Waals surface area contributed by atoms with Gasteiger partial charge in [0.05, 0.1) is 6.20 Å². The molecule has 6 nitrogen and oxygen atoms in total. The number of aryl methyl sites for hydroxylation is 1. The van der Waals surface area contributed by atoms with Crippen LogP contribution in [0.5, 0.6) is 0 Å². The molecule has 0 bridgehead atoms. The summed E-state index contributed by atoms with van der Waals surface area (Å²) in [5.41, 5.74) is 0. The molecule has 0 spiro atoms. The largest absolute Gasteiger partial charge is 0.314 e. The fourth-order valence-corrected chi connectivity index (χ4v) is 4.16. The molecule has 21 heavy (non-hydrogen) atoms. The van der Waals surface area contributed by atoms with Gasteiger partial charge in [-0.2, -0.15) is 9.40 Å². The first-order valence-corrected chi connectivity index (χ1v) is 9.36. The van der Waals surface area contributed by atoms with E-state index in [2.05, 4.69) is 10.4 Å². The first-order valence-electron chi connectivity index (χ1n) is 7.92. The Balaban J connectivity index is 1.55. The van der Waals surface area contributed by atoms with E-state index in [1.165, 1.54) is 19.0 Å². The molecular formula is C14H24N4O2S. The molecule has 1 N–H and O–H groups in total. The summed E-state index contributed by atoms with van der Waals surface area (Å²) in [6, 6.07) is 0.720. The van der Waals surface area contributed by atoms with Gasteiger partial charge in [0.15, 0.2) is 0 Å². The summed E-state index contributed by atoms with van der Waals surface area (Å²) in [5.74, 6) is 0. The van der Waals surface area contributed by atoms with Crippen molar-refractivity contribution < 1.29 is 8.42 Å². The Hall–Kier alpha value is -0.920. The van der Waals surface area contributed by atoms with Crippen molar-refractivity contribution in [1.82, 2.24) is 19.4 Å². The van der Waals surface area contributed by atoms with E-state index in [1.807, 2.05) is 0 Å². The summed E-state index contributed by atoms with van der Waals surface area (Å²) in [6.07, 6.45) is 9.75. The third kappa shape index (κ3) is 3.84. The summed E-state index contributed by atoms with van der Waals surface area (Å²) in [6.45, 7) is 3.01. The number of hydrogen-bond acceptors (Lipinski definition) is 4. The molecule has 2 heterocycles. The van der Waals surface area contributed by atoms with Crippen LogP contribution in [0.25, 0.3) is 0 Å². The van der Waals surface area contributed by atoms with Crippen LogP contribution in [0, 0.1) is 0 Å². The molecule has 0 unspecified atom stereocenters. The zero-order chi connectivity index (χ0) is 14.7. The minimum atomic E-state index is -3.34.